The van der Waals surface area contributed by atoms with Gasteiger partial charge in [0.25, 0.3) is 0 Å². The van der Waals surface area contributed by atoms with Crippen molar-refractivity contribution in [1.29, 1.82) is 0 Å². The summed E-state index contributed by atoms with van der Waals surface area (Å²) < 4.78 is 13.1. The lowest BCUT2D eigenvalue weighted by Gasteiger charge is -2.13. The number of hydrogen-bond acceptors (Lipinski definition) is 1. The van der Waals surface area contributed by atoms with Gasteiger partial charge >= 0.3 is 0 Å². The fourth-order valence-corrected chi connectivity index (χ4v) is 2.21. The van der Waals surface area contributed by atoms with Crippen molar-refractivity contribution in [3.63, 3.8) is 0 Å². The summed E-state index contributed by atoms with van der Waals surface area (Å²) in [5.41, 5.74) is 7.88. The molecule has 2 N–H and O–H groups in total. The quantitative estimate of drug-likeness (QED) is 0.654. The molecule has 0 aliphatic carbocycles. The van der Waals surface area contributed by atoms with Crippen molar-refractivity contribution in [3.8, 4) is 0 Å². The van der Waals surface area contributed by atoms with Gasteiger partial charge in [0.2, 0.25) is 0 Å². The molecule has 1 rings (SSSR count). The highest BCUT2D eigenvalue weighted by Gasteiger charge is 2.07. The Morgan fingerprint density at radius 2 is 1.78 bits per heavy atom. The molecule has 1 aromatic carbocycles. The summed E-state index contributed by atoms with van der Waals surface area (Å²) in [6.07, 6.45) is 8.69. The molecule has 1 unspecified atom stereocenters. The lowest BCUT2D eigenvalue weighted by molar-refractivity contribution is 0.545. The van der Waals surface area contributed by atoms with Gasteiger partial charge in [0.1, 0.15) is 5.82 Å². The van der Waals surface area contributed by atoms with Gasteiger partial charge in [-0.25, -0.2) is 4.39 Å². The summed E-state index contributed by atoms with van der Waals surface area (Å²) in [7, 11) is 0. The summed E-state index contributed by atoms with van der Waals surface area (Å²) in [6, 6.07) is 5.25. The van der Waals surface area contributed by atoms with Gasteiger partial charge < -0.3 is 5.73 Å². The second-order valence-electron chi connectivity index (χ2n) is 5.17. The van der Waals surface area contributed by atoms with Gasteiger partial charge in [-0.2, -0.15) is 0 Å². The summed E-state index contributed by atoms with van der Waals surface area (Å²) >= 11 is 0. The van der Waals surface area contributed by atoms with Gasteiger partial charge in [0.15, 0.2) is 0 Å². The molecule has 1 nitrogen and oxygen atoms in total. The Kier molecular flexibility index (Phi) is 6.96. The molecule has 0 heterocycles. The highest BCUT2D eigenvalue weighted by atomic mass is 19.1. The Bertz CT molecular complexity index is 349. The largest absolute Gasteiger partial charge is 0.324 e. The van der Waals surface area contributed by atoms with Crippen molar-refractivity contribution < 1.29 is 4.39 Å². The normalized spacial score (nSPS) is 12.7. The van der Waals surface area contributed by atoms with E-state index in [0.717, 1.165) is 12.0 Å². The third-order valence-corrected chi connectivity index (χ3v) is 3.48. The lowest BCUT2D eigenvalue weighted by atomic mass is 9.99. The Morgan fingerprint density at radius 3 is 2.44 bits per heavy atom. The highest BCUT2D eigenvalue weighted by molar-refractivity contribution is 5.26. The SMILES string of the molecule is CCCCCCCCC(N)c1ccc(F)c(C)c1. The van der Waals surface area contributed by atoms with E-state index < -0.39 is 0 Å². The average molecular weight is 251 g/mol. The van der Waals surface area contributed by atoms with Crippen LogP contribution in [-0.4, -0.2) is 0 Å². The Hall–Kier alpha value is -0.890. The number of benzene rings is 1. The number of aryl methyl sites for hydroxylation is 1. The molecule has 2 heteroatoms. The molecular formula is C16H26FN. The maximum atomic E-state index is 13.1. The molecule has 18 heavy (non-hydrogen) atoms. The van der Waals surface area contributed by atoms with Crippen molar-refractivity contribution in [2.24, 2.45) is 5.73 Å². The second kappa shape index (κ2) is 8.25. The highest BCUT2D eigenvalue weighted by Crippen LogP contribution is 2.20. The molecule has 0 fully saturated rings. The van der Waals surface area contributed by atoms with E-state index in [-0.39, 0.29) is 11.9 Å². The Labute approximate surface area is 111 Å². The van der Waals surface area contributed by atoms with Crippen LogP contribution in [0.1, 0.15) is 69.0 Å². The first-order chi connectivity index (χ1) is 8.65. The minimum atomic E-state index is -0.148. The molecule has 1 aromatic rings. The summed E-state index contributed by atoms with van der Waals surface area (Å²) in [4.78, 5) is 0. The molecule has 0 spiro atoms. The van der Waals surface area contributed by atoms with E-state index in [9.17, 15) is 4.39 Å². The van der Waals surface area contributed by atoms with Crippen LogP contribution in [0.2, 0.25) is 0 Å². The van der Waals surface area contributed by atoms with Gasteiger partial charge in [-0.1, -0.05) is 57.6 Å². The topological polar surface area (TPSA) is 26.0 Å². The predicted octanol–water partition coefficient (Wildman–Crippen LogP) is 4.88. The van der Waals surface area contributed by atoms with Gasteiger partial charge in [-0.05, 0) is 30.5 Å². The first-order valence-corrected chi connectivity index (χ1v) is 7.16. The summed E-state index contributed by atoms with van der Waals surface area (Å²) in [5, 5.41) is 0. The van der Waals surface area contributed by atoms with Crippen molar-refractivity contribution in [1.82, 2.24) is 0 Å². The number of unbranched alkanes of at least 4 members (excludes halogenated alkanes) is 5. The van der Waals surface area contributed by atoms with E-state index in [2.05, 4.69) is 6.92 Å². The lowest BCUT2D eigenvalue weighted by Crippen LogP contribution is -2.10. The minimum absolute atomic E-state index is 0.0514. The predicted molar refractivity (Wildman–Crippen MR) is 76.1 cm³/mol. The van der Waals surface area contributed by atoms with Gasteiger partial charge in [-0.3, -0.25) is 0 Å². The van der Waals surface area contributed by atoms with Gasteiger partial charge in [0, 0.05) is 6.04 Å². The summed E-state index contributed by atoms with van der Waals surface area (Å²) in [6.45, 7) is 4.02. The van der Waals surface area contributed by atoms with Crippen LogP contribution in [0.3, 0.4) is 0 Å². The molecule has 102 valence electrons. The number of hydrogen-bond donors (Lipinski definition) is 1. The second-order valence-corrected chi connectivity index (χ2v) is 5.17. The number of rotatable bonds is 8. The van der Waals surface area contributed by atoms with E-state index in [4.69, 9.17) is 5.73 Å². The standard InChI is InChI=1S/C16H26FN/c1-3-4-5-6-7-8-9-16(18)14-10-11-15(17)13(2)12-14/h10-12,16H,3-9,18H2,1-2H3. The van der Waals surface area contributed by atoms with Crippen LogP contribution >= 0.6 is 0 Å². The van der Waals surface area contributed by atoms with Crippen molar-refractivity contribution in [2.75, 3.05) is 0 Å². The molecule has 0 aliphatic rings. The molecule has 0 radical (unpaired) electrons. The fraction of sp³-hybridized carbons (Fsp3) is 0.625. The van der Waals surface area contributed by atoms with Crippen LogP contribution < -0.4 is 5.73 Å². The van der Waals surface area contributed by atoms with E-state index >= 15 is 0 Å². The van der Waals surface area contributed by atoms with E-state index in [1.165, 1.54) is 44.6 Å². The molecule has 0 aromatic heterocycles. The fourth-order valence-electron chi connectivity index (χ4n) is 2.21. The van der Waals surface area contributed by atoms with E-state index in [1.54, 1.807) is 6.92 Å². The Morgan fingerprint density at radius 1 is 1.11 bits per heavy atom. The zero-order valence-corrected chi connectivity index (χ0v) is 11.7. The molecule has 1 atom stereocenters. The van der Waals surface area contributed by atoms with Crippen LogP contribution in [0.25, 0.3) is 0 Å². The first kappa shape index (κ1) is 15.2. The number of nitrogens with two attached hydrogens (primary N) is 1. The first-order valence-electron chi connectivity index (χ1n) is 7.16. The molecular weight excluding hydrogens is 225 g/mol. The van der Waals surface area contributed by atoms with E-state index in [0.29, 0.717) is 5.56 Å². The third-order valence-electron chi connectivity index (χ3n) is 3.48. The van der Waals surface area contributed by atoms with Crippen LogP contribution in [0.4, 0.5) is 4.39 Å². The molecule has 0 bridgehead atoms. The number of halogens is 1. The summed E-state index contributed by atoms with van der Waals surface area (Å²) in [5.74, 6) is -0.148. The van der Waals surface area contributed by atoms with Gasteiger partial charge in [0.05, 0.1) is 0 Å². The van der Waals surface area contributed by atoms with E-state index in [1.807, 2.05) is 12.1 Å². The molecule has 0 aliphatic heterocycles. The zero-order chi connectivity index (χ0) is 13.4. The average Bonchev–Trinajstić information content (AvgIpc) is 2.36. The maximum absolute atomic E-state index is 13.1. The molecule has 0 amide bonds. The Balaban J connectivity index is 2.27. The van der Waals surface area contributed by atoms with Crippen molar-refractivity contribution in [3.05, 3.63) is 35.1 Å². The maximum Gasteiger partial charge on any atom is 0.126 e. The smallest absolute Gasteiger partial charge is 0.126 e. The zero-order valence-electron chi connectivity index (χ0n) is 11.7. The van der Waals surface area contributed by atoms with Crippen molar-refractivity contribution >= 4 is 0 Å². The van der Waals surface area contributed by atoms with Crippen molar-refractivity contribution in [2.45, 2.75) is 64.8 Å². The monoisotopic (exact) mass is 251 g/mol. The minimum Gasteiger partial charge on any atom is -0.324 e. The van der Waals surface area contributed by atoms with Crippen LogP contribution in [0.5, 0.6) is 0 Å². The molecule has 0 saturated carbocycles. The molecule has 0 saturated heterocycles. The van der Waals surface area contributed by atoms with Crippen LogP contribution in [-0.2, 0) is 0 Å². The van der Waals surface area contributed by atoms with Gasteiger partial charge in [-0.15, -0.1) is 0 Å². The van der Waals surface area contributed by atoms with Crippen LogP contribution in [0, 0.1) is 12.7 Å². The van der Waals surface area contributed by atoms with Crippen LogP contribution in [0.15, 0.2) is 18.2 Å². The third kappa shape index (κ3) is 5.18.